The van der Waals surface area contributed by atoms with Crippen LogP contribution in [-0.4, -0.2) is 45.8 Å². The topological polar surface area (TPSA) is 115 Å². The third-order valence-corrected chi connectivity index (χ3v) is 3.52. The first kappa shape index (κ1) is 18.4. The van der Waals surface area contributed by atoms with Crippen LogP contribution in [-0.2, 0) is 9.53 Å². The minimum Gasteiger partial charge on any atom is -0.449 e. The van der Waals surface area contributed by atoms with E-state index < -0.39 is 24.0 Å². The van der Waals surface area contributed by atoms with Crippen molar-refractivity contribution in [2.75, 3.05) is 7.05 Å². The summed E-state index contributed by atoms with van der Waals surface area (Å²) in [5.41, 5.74) is 1.47. The highest BCUT2D eigenvalue weighted by Gasteiger charge is 2.23. The zero-order valence-corrected chi connectivity index (χ0v) is 14.8. The maximum Gasteiger partial charge on any atom is 0.339 e. The SMILES string of the molecule is CNC(=O)NC(=O)C(C)OC(=O)c1cc(C)nc2c1cnn2C(C)C. The average Bonchev–Trinajstić information content (AvgIpc) is 2.97. The van der Waals surface area contributed by atoms with Crippen LogP contribution in [0.25, 0.3) is 11.0 Å². The quantitative estimate of drug-likeness (QED) is 0.806. The molecule has 2 aromatic heterocycles. The van der Waals surface area contributed by atoms with Gasteiger partial charge in [0, 0.05) is 18.8 Å². The van der Waals surface area contributed by atoms with E-state index in [1.165, 1.54) is 14.0 Å². The normalized spacial score (nSPS) is 12.1. The second kappa shape index (κ2) is 7.29. The lowest BCUT2D eigenvalue weighted by atomic mass is 10.1. The summed E-state index contributed by atoms with van der Waals surface area (Å²) in [7, 11) is 1.38. The molecule has 9 nitrogen and oxygen atoms in total. The van der Waals surface area contributed by atoms with E-state index in [-0.39, 0.29) is 11.6 Å². The molecular formula is C16H21N5O4. The predicted octanol–water partition coefficient (Wildman–Crippen LogP) is 1.32. The van der Waals surface area contributed by atoms with E-state index in [4.69, 9.17) is 4.74 Å². The third kappa shape index (κ3) is 3.93. The maximum atomic E-state index is 12.5. The average molecular weight is 347 g/mol. The van der Waals surface area contributed by atoms with Crippen molar-refractivity contribution in [1.82, 2.24) is 25.4 Å². The highest BCUT2D eigenvalue weighted by Crippen LogP contribution is 2.22. The Morgan fingerprint density at radius 2 is 1.92 bits per heavy atom. The van der Waals surface area contributed by atoms with Crippen LogP contribution in [0, 0.1) is 6.92 Å². The number of urea groups is 1. The molecular weight excluding hydrogens is 326 g/mol. The van der Waals surface area contributed by atoms with Crippen LogP contribution >= 0.6 is 0 Å². The van der Waals surface area contributed by atoms with Crippen LogP contribution in [0.2, 0.25) is 0 Å². The van der Waals surface area contributed by atoms with Gasteiger partial charge in [-0.15, -0.1) is 0 Å². The van der Waals surface area contributed by atoms with Crippen molar-refractivity contribution in [3.05, 3.63) is 23.5 Å². The number of fused-ring (bicyclic) bond motifs is 1. The van der Waals surface area contributed by atoms with E-state index in [1.54, 1.807) is 23.9 Å². The molecule has 0 aliphatic heterocycles. The number of nitrogens with one attached hydrogen (secondary N) is 2. The number of rotatable bonds is 4. The van der Waals surface area contributed by atoms with Crippen molar-refractivity contribution >= 4 is 28.9 Å². The number of amides is 3. The summed E-state index contributed by atoms with van der Waals surface area (Å²) in [6.07, 6.45) is 0.418. The van der Waals surface area contributed by atoms with Gasteiger partial charge in [0.05, 0.1) is 17.1 Å². The van der Waals surface area contributed by atoms with E-state index >= 15 is 0 Å². The van der Waals surface area contributed by atoms with Crippen molar-refractivity contribution in [3.8, 4) is 0 Å². The summed E-state index contributed by atoms with van der Waals surface area (Å²) >= 11 is 0. The van der Waals surface area contributed by atoms with Gasteiger partial charge in [-0.3, -0.25) is 10.1 Å². The van der Waals surface area contributed by atoms with Crippen LogP contribution in [0.1, 0.15) is 42.9 Å². The zero-order chi connectivity index (χ0) is 18.7. The summed E-state index contributed by atoms with van der Waals surface area (Å²) in [4.78, 5) is 39.9. The van der Waals surface area contributed by atoms with E-state index in [0.717, 1.165) is 0 Å². The second-order valence-electron chi connectivity index (χ2n) is 5.85. The van der Waals surface area contributed by atoms with Crippen molar-refractivity contribution in [2.45, 2.75) is 39.8 Å². The Balaban J connectivity index is 2.27. The molecule has 3 amide bonds. The van der Waals surface area contributed by atoms with Crippen LogP contribution in [0.5, 0.6) is 0 Å². The third-order valence-electron chi connectivity index (χ3n) is 3.52. The second-order valence-corrected chi connectivity index (χ2v) is 5.85. The van der Waals surface area contributed by atoms with Gasteiger partial charge < -0.3 is 10.1 Å². The molecule has 0 radical (unpaired) electrons. The van der Waals surface area contributed by atoms with Crippen LogP contribution < -0.4 is 10.6 Å². The van der Waals surface area contributed by atoms with Gasteiger partial charge in [0.2, 0.25) is 0 Å². The summed E-state index contributed by atoms with van der Waals surface area (Å²) in [6.45, 7) is 7.06. The molecule has 0 fully saturated rings. The first-order valence-electron chi connectivity index (χ1n) is 7.83. The number of hydrogen-bond donors (Lipinski definition) is 2. The molecule has 2 N–H and O–H groups in total. The van der Waals surface area contributed by atoms with Crippen LogP contribution in [0.4, 0.5) is 4.79 Å². The Labute approximate surface area is 144 Å². The van der Waals surface area contributed by atoms with Crippen LogP contribution in [0.3, 0.4) is 0 Å². The number of carbonyl (C=O) groups is 3. The molecule has 134 valence electrons. The van der Waals surface area contributed by atoms with Crippen molar-refractivity contribution in [1.29, 1.82) is 0 Å². The lowest BCUT2D eigenvalue weighted by Gasteiger charge is -2.13. The molecule has 9 heteroatoms. The first-order valence-corrected chi connectivity index (χ1v) is 7.83. The van der Waals surface area contributed by atoms with E-state index in [0.29, 0.717) is 16.7 Å². The summed E-state index contributed by atoms with van der Waals surface area (Å²) in [5.74, 6) is -1.40. The minimum atomic E-state index is -1.13. The smallest absolute Gasteiger partial charge is 0.339 e. The van der Waals surface area contributed by atoms with Gasteiger partial charge in [-0.1, -0.05) is 0 Å². The number of carbonyl (C=O) groups excluding carboxylic acids is 3. The Hall–Kier alpha value is -2.97. The number of ether oxygens (including phenoxy) is 1. The molecule has 2 rings (SSSR count). The van der Waals surface area contributed by atoms with Gasteiger partial charge in [0.1, 0.15) is 0 Å². The van der Waals surface area contributed by atoms with Crippen molar-refractivity contribution in [3.63, 3.8) is 0 Å². The molecule has 2 heterocycles. The van der Waals surface area contributed by atoms with E-state index in [1.807, 2.05) is 13.8 Å². The molecule has 0 aliphatic rings. The standard InChI is InChI=1S/C16H21N5O4/c1-8(2)21-13-12(7-18-21)11(6-9(3)19-13)15(23)25-10(4)14(22)20-16(24)17-5/h6-8,10H,1-5H3,(H2,17,20,22,24). The van der Waals surface area contributed by atoms with Gasteiger partial charge in [0.25, 0.3) is 5.91 Å². The molecule has 0 spiro atoms. The number of esters is 1. The van der Waals surface area contributed by atoms with Gasteiger partial charge in [0.15, 0.2) is 11.8 Å². The Kier molecular flexibility index (Phi) is 5.35. The van der Waals surface area contributed by atoms with Crippen LogP contribution in [0.15, 0.2) is 12.3 Å². The number of pyridine rings is 1. The minimum absolute atomic E-state index is 0.0768. The molecule has 0 aliphatic carbocycles. The van der Waals surface area contributed by atoms with Gasteiger partial charge in [-0.25, -0.2) is 19.3 Å². The molecule has 0 saturated heterocycles. The van der Waals surface area contributed by atoms with Gasteiger partial charge >= 0.3 is 12.0 Å². The fourth-order valence-electron chi connectivity index (χ4n) is 2.24. The Bertz CT molecular complexity index is 827. The Morgan fingerprint density at radius 3 is 2.52 bits per heavy atom. The monoisotopic (exact) mass is 347 g/mol. The Morgan fingerprint density at radius 1 is 1.24 bits per heavy atom. The molecule has 0 aromatic carbocycles. The molecule has 2 aromatic rings. The molecule has 0 bridgehead atoms. The number of hydrogen-bond acceptors (Lipinski definition) is 6. The number of imide groups is 1. The van der Waals surface area contributed by atoms with Gasteiger partial charge in [-0.05, 0) is 33.8 Å². The van der Waals surface area contributed by atoms with Crippen molar-refractivity contribution < 1.29 is 19.1 Å². The molecule has 1 atom stereocenters. The lowest BCUT2D eigenvalue weighted by molar-refractivity contribution is -0.127. The highest BCUT2D eigenvalue weighted by atomic mass is 16.5. The highest BCUT2D eigenvalue weighted by molar-refractivity contribution is 6.04. The van der Waals surface area contributed by atoms with E-state index in [9.17, 15) is 14.4 Å². The first-order chi connectivity index (χ1) is 11.7. The predicted molar refractivity (Wildman–Crippen MR) is 90.1 cm³/mol. The summed E-state index contributed by atoms with van der Waals surface area (Å²) < 4.78 is 6.89. The number of aromatic nitrogens is 3. The molecule has 1 unspecified atom stereocenters. The molecule has 0 saturated carbocycles. The van der Waals surface area contributed by atoms with Crippen molar-refractivity contribution in [2.24, 2.45) is 0 Å². The number of aryl methyl sites for hydroxylation is 1. The number of nitrogens with zero attached hydrogens (tertiary/aromatic N) is 3. The molecule has 25 heavy (non-hydrogen) atoms. The van der Waals surface area contributed by atoms with E-state index in [2.05, 4.69) is 20.7 Å². The van der Waals surface area contributed by atoms with Gasteiger partial charge in [-0.2, -0.15) is 5.10 Å². The fraction of sp³-hybridized carbons (Fsp3) is 0.438. The summed E-state index contributed by atoms with van der Waals surface area (Å²) in [5, 5.41) is 9.11. The zero-order valence-electron chi connectivity index (χ0n) is 14.8. The fourth-order valence-corrected chi connectivity index (χ4v) is 2.24. The maximum absolute atomic E-state index is 12.5. The summed E-state index contributed by atoms with van der Waals surface area (Å²) in [6, 6.07) is 0.988. The largest absolute Gasteiger partial charge is 0.449 e. The lowest BCUT2D eigenvalue weighted by Crippen LogP contribution is -2.43.